The lowest BCUT2D eigenvalue weighted by Gasteiger charge is -2.22. The molecule has 1 aromatic heterocycles. The van der Waals surface area contributed by atoms with Crippen LogP contribution in [0.5, 0.6) is 0 Å². The Bertz CT molecular complexity index is 540. The van der Waals surface area contributed by atoms with E-state index in [4.69, 9.17) is 0 Å². The largest absolute Gasteiger partial charge is 0.338 e. The van der Waals surface area contributed by atoms with Gasteiger partial charge in [0.05, 0.1) is 0 Å². The first-order valence-electron chi connectivity index (χ1n) is 7.50. The van der Waals surface area contributed by atoms with E-state index in [2.05, 4.69) is 24.0 Å². The van der Waals surface area contributed by atoms with Crippen LogP contribution in [0.25, 0.3) is 0 Å². The number of hydrogen-bond acceptors (Lipinski definition) is 2. The van der Waals surface area contributed by atoms with Crippen LogP contribution in [0.15, 0.2) is 54.9 Å². The summed E-state index contributed by atoms with van der Waals surface area (Å²) < 4.78 is 0. The number of nitrogens with zero attached hydrogens (tertiary/aromatic N) is 2. The molecule has 1 amide bonds. The van der Waals surface area contributed by atoms with Gasteiger partial charge in [-0.25, -0.2) is 0 Å². The molecule has 0 fully saturated rings. The van der Waals surface area contributed by atoms with Gasteiger partial charge in [-0.05, 0) is 30.0 Å². The maximum atomic E-state index is 12.4. The predicted molar refractivity (Wildman–Crippen MR) is 84.7 cm³/mol. The van der Waals surface area contributed by atoms with Gasteiger partial charge in [0.25, 0.3) is 0 Å². The van der Waals surface area contributed by atoms with E-state index in [9.17, 15) is 4.79 Å². The van der Waals surface area contributed by atoms with Crippen LogP contribution < -0.4 is 0 Å². The summed E-state index contributed by atoms with van der Waals surface area (Å²) in [4.78, 5) is 18.5. The molecule has 0 radical (unpaired) electrons. The minimum atomic E-state index is 0.213. The van der Waals surface area contributed by atoms with Gasteiger partial charge in [-0.3, -0.25) is 9.78 Å². The van der Waals surface area contributed by atoms with Crippen LogP contribution in [0, 0.1) is 0 Å². The second kappa shape index (κ2) is 8.20. The Labute approximate surface area is 126 Å². The number of rotatable bonds is 7. The average Bonchev–Trinajstić information content (AvgIpc) is 2.54. The summed E-state index contributed by atoms with van der Waals surface area (Å²) in [5.74, 6) is 0.213. The molecule has 3 heteroatoms. The SMILES string of the molecule is CCCN(Cc1ccccc1)C(=O)CCc1cccnc1. The first-order valence-corrected chi connectivity index (χ1v) is 7.50. The van der Waals surface area contributed by atoms with Gasteiger partial charge in [0.15, 0.2) is 0 Å². The van der Waals surface area contributed by atoms with Crippen molar-refractivity contribution in [1.29, 1.82) is 0 Å². The number of benzene rings is 1. The molecule has 110 valence electrons. The zero-order chi connectivity index (χ0) is 14.9. The Kier molecular flexibility index (Phi) is 5.95. The van der Waals surface area contributed by atoms with Crippen molar-refractivity contribution in [2.45, 2.75) is 32.7 Å². The smallest absolute Gasteiger partial charge is 0.223 e. The zero-order valence-electron chi connectivity index (χ0n) is 12.5. The summed E-state index contributed by atoms with van der Waals surface area (Å²) in [6, 6.07) is 14.1. The Balaban J connectivity index is 1.92. The summed E-state index contributed by atoms with van der Waals surface area (Å²) in [5.41, 5.74) is 2.29. The van der Waals surface area contributed by atoms with E-state index >= 15 is 0 Å². The Morgan fingerprint density at radius 2 is 1.86 bits per heavy atom. The number of hydrogen-bond donors (Lipinski definition) is 0. The fourth-order valence-corrected chi connectivity index (χ4v) is 2.32. The van der Waals surface area contributed by atoms with Crippen LogP contribution in [0.3, 0.4) is 0 Å². The van der Waals surface area contributed by atoms with E-state index in [0.29, 0.717) is 13.0 Å². The maximum absolute atomic E-state index is 12.4. The molecular formula is C18H22N2O. The van der Waals surface area contributed by atoms with Gasteiger partial charge >= 0.3 is 0 Å². The highest BCUT2D eigenvalue weighted by molar-refractivity contribution is 5.76. The first-order chi connectivity index (χ1) is 10.3. The van der Waals surface area contributed by atoms with E-state index < -0.39 is 0 Å². The third-order valence-corrected chi connectivity index (χ3v) is 3.41. The molecule has 0 bridgehead atoms. The summed E-state index contributed by atoms with van der Waals surface area (Å²) >= 11 is 0. The lowest BCUT2D eigenvalue weighted by atomic mass is 10.1. The van der Waals surface area contributed by atoms with Crippen molar-refractivity contribution in [3.05, 3.63) is 66.0 Å². The Morgan fingerprint density at radius 3 is 2.52 bits per heavy atom. The topological polar surface area (TPSA) is 33.2 Å². The van der Waals surface area contributed by atoms with Gasteiger partial charge in [-0.2, -0.15) is 0 Å². The fraction of sp³-hybridized carbons (Fsp3) is 0.333. The standard InChI is InChI=1S/C18H22N2O/c1-2-13-20(15-17-7-4-3-5-8-17)18(21)11-10-16-9-6-12-19-14-16/h3-9,12,14H,2,10-11,13,15H2,1H3. The number of carbonyl (C=O) groups is 1. The van der Waals surface area contributed by atoms with Gasteiger partial charge in [0, 0.05) is 31.9 Å². The van der Waals surface area contributed by atoms with Crippen LogP contribution in [0.1, 0.15) is 30.9 Å². The van der Waals surface area contributed by atoms with Gasteiger partial charge in [-0.15, -0.1) is 0 Å². The molecule has 3 nitrogen and oxygen atoms in total. The number of aryl methyl sites for hydroxylation is 1. The van der Waals surface area contributed by atoms with Crippen LogP contribution in [0.2, 0.25) is 0 Å². The van der Waals surface area contributed by atoms with E-state index in [-0.39, 0.29) is 5.91 Å². The van der Waals surface area contributed by atoms with E-state index in [1.165, 1.54) is 5.56 Å². The molecule has 0 unspecified atom stereocenters. The highest BCUT2D eigenvalue weighted by Crippen LogP contribution is 2.09. The molecule has 2 rings (SSSR count). The molecule has 21 heavy (non-hydrogen) atoms. The number of pyridine rings is 1. The summed E-state index contributed by atoms with van der Waals surface area (Å²) in [6.07, 6.45) is 5.85. The summed E-state index contributed by atoms with van der Waals surface area (Å²) in [7, 11) is 0. The molecular weight excluding hydrogens is 260 g/mol. The molecule has 0 aliphatic heterocycles. The van der Waals surface area contributed by atoms with E-state index in [1.807, 2.05) is 41.4 Å². The summed E-state index contributed by atoms with van der Waals surface area (Å²) in [5, 5.41) is 0. The zero-order valence-corrected chi connectivity index (χ0v) is 12.5. The van der Waals surface area contributed by atoms with Gasteiger partial charge < -0.3 is 4.90 Å². The lowest BCUT2D eigenvalue weighted by molar-refractivity contribution is -0.131. The number of amides is 1. The predicted octanol–water partition coefficient (Wildman–Crippen LogP) is 3.45. The fourth-order valence-electron chi connectivity index (χ4n) is 2.32. The van der Waals surface area contributed by atoms with Crippen LogP contribution in [0.4, 0.5) is 0 Å². The minimum Gasteiger partial charge on any atom is -0.338 e. The normalized spacial score (nSPS) is 10.3. The van der Waals surface area contributed by atoms with Crippen molar-refractivity contribution in [3.8, 4) is 0 Å². The molecule has 1 aromatic carbocycles. The van der Waals surface area contributed by atoms with Crippen molar-refractivity contribution < 1.29 is 4.79 Å². The van der Waals surface area contributed by atoms with Crippen molar-refractivity contribution in [2.24, 2.45) is 0 Å². The Morgan fingerprint density at radius 1 is 1.10 bits per heavy atom. The first kappa shape index (κ1) is 15.2. The van der Waals surface area contributed by atoms with Crippen LogP contribution in [-0.2, 0) is 17.8 Å². The monoisotopic (exact) mass is 282 g/mol. The molecule has 0 aliphatic carbocycles. The molecule has 1 heterocycles. The third-order valence-electron chi connectivity index (χ3n) is 3.41. The maximum Gasteiger partial charge on any atom is 0.223 e. The van der Waals surface area contributed by atoms with E-state index in [1.54, 1.807) is 6.20 Å². The van der Waals surface area contributed by atoms with Crippen molar-refractivity contribution >= 4 is 5.91 Å². The molecule has 0 N–H and O–H groups in total. The van der Waals surface area contributed by atoms with Gasteiger partial charge in [0.2, 0.25) is 5.91 Å². The van der Waals surface area contributed by atoms with Crippen molar-refractivity contribution in [1.82, 2.24) is 9.88 Å². The molecule has 0 saturated heterocycles. The highest BCUT2D eigenvalue weighted by Gasteiger charge is 2.13. The second-order valence-electron chi connectivity index (χ2n) is 5.16. The van der Waals surface area contributed by atoms with Gasteiger partial charge in [-0.1, -0.05) is 43.3 Å². The molecule has 0 spiro atoms. The second-order valence-corrected chi connectivity index (χ2v) is 5.16. The molecule has 0 aliphatic rings. The highest BCUT2D eigenvalue weighted by atomic mass is 16.2. The Hall–Kier alpha value is -2.16. The average molecular weight is 282 g/mol. The summed E-state index contributed by atoms with van der Waals surface area (Å²) in [6.45, 7) is 3.60. The molecule has 0 saturated carbocycles. The molecule has 0 atom stereocenters. The quantitative estimate of drug-likeness (QED) is 0.779. The lowest BCUT2D eigenvalue weighted by Crippen LogP contribution is -2.31. The van der Waals surface area contributed by atoms with E-state index in [0.717, 1.165) is 24.9 Å². The number of carbonyl (C=O) groups excluding carboxylic acids is 1. The van der Waals surface area contributed by atoms with Crippen LogP contribution in [-0.4, -0.2) is 22.3 Å². The number of aromatic nitrogens is 1. The van der Waals surface area contributed by atoms with Gasteiger partial charge in [0.1, 0.15) is 0 Å². The third kappa shape index (κ3) is 5.03. The van der Waals surface area contributed by atoms with Crippen LogP contribution >= 0.6 is 0 Å². The minimum absolute atomic E-state index is 0.213. The van der Waals surface area contributed by atoms with Crippen molar-refractivity contribution in [2.75, 3.05) is 6.54 Å². The molecule has 2 aromatic rings. The van der Waals surface area contributed by atoms with Crippen molar-refractivity contribution in [3.63, 3.8) is 0 Å².